The van der Waals surface area contributed by atoms with Crippen LogP contribution in [0.5, 0.6) is 0 Å². The van der Waals surface area contributed by atoms with Crippen molar-refractivity contribution in [1.29, 1.82) is 0 Å². The maximum atomic E-state index is 11.3. The minimum absolute atomic E-state index is 0.0505. The Morgan fingerprint density at radius 1 is 1.07 bits per heavy atom. The van der Waals surface area contributed by atoms with Gasteiger partial charge in [0.15, 0.2) is 0 Å². The van der Waals surface area contributed by atoms with E-state index in [-0.39, 0.29) is 10.6 Å². The smallest absolute Gasteiger partial charge is 0.270 e. The minimum atomic E-state index is -0.378. The van der Waals surface area contributed by atoms with E-state index in [2.05, 4.69) is 36.6 Å². The van der Waals surface area contributed by atoms with Gasteiger partial charge in [0.1, 0.15) is 10.5 Å². The first-order chi connectivity index (χ1) is 13.5. The van der Waals surface area contributed by atoms with Gasteiger partial charge in [0, 0.05) is 34.6 Å². The highest BCUT2D eigenvalue weighted by Gasteiger charge is 2.21. The summed E-state index contributed by atoms with van der Waals surface area (Å²) < 4.78 is 2.76. The van der Waals surface area contributed by atoms with Crippen LogP contribution < -0.4 is 0 Å². The molecule has 1 aliphatic rings. The van der Waals surface area contributed by atoms with Gasteiger partial charge < -0.3 is 0 Å². The summed E-state index contributed by atoms with van der Waals surface area (Å²) in [6.45, 7) is 4.18. The van der Waals surface area contributed by atoms with Crippen molar-refractivity contribution in [2.45, 2.75) is 39.5 Å². The lowest BCUT2D eigenvalue weighted by Crippen LogP contribution is -2.17. The van der Waals surface area contributed by atoms with Gasteiger partial charge in [-0.3, -0.25) is 14.7 Å². The van der Waals surface area contributed by atoms with Gasteiger partial charge >= 0.3 is 0 Å². The zero-order valence-corrected chi connectivity index (χ0v) is 16.8. The zero-order valence-electron chi connectivity index (χ0n) is 15.9. The van der Waals surface area contributed by atoms with Crippen molar-refractivity contribution in [2.24, 2.45) is 0 Å². The van der Waals surface area contributed by atoms with Crippen LogP contribution in [0.2, 0.25) is 0 Å². The Balaban J connectivity index is 2.04. The quantitative estimate of drug-likeness (QED) is 0.328. The van der Waals surface area contributed by atoms with Gasteiger partial charge in [-0.25, -0.2) is 4.98 Å². The predicted octanol–water partition coefficient (Wildman–Crippen LogP) is 5.67. The topological polar surface area (TPSA) is 61.0 Å². The standard InChI is InChI=1S/C22H21N3O2S/c1-14-10-11-17(12-15(14)2)24-20-9-4-3-8-19(20)22(28)23-21(24)16-6-5-7-18(13-16)25(26)27/h5-7,10-13H,3-4,8-9H2,1-2H3. The largest absolute Gasteiger partial charge is 0.298 e. The second-order valence-corrected chi connectivity index (χ2v) is 7.67. The highest BCUT2D eigenvalue weighted by Crippen LogP contribution is 2.32. The summed E-state index contributed by atoms with van der Waals surface area (Å²) in [5.41, 5.74) is 6.50. The molecular weight excluding hydrogens is 370 g/mol. The third kappa shape index (κ3) is 3.24. The fourth-order valence-electron chi connectivity index (χ4n) is 3.80. The van der Waals surface area contributed by atoms with Crippen molar-refractivity contribution < 1.29 is 4.92 Å². The molecule has 3 aromatic rings. The fourth-order valence-corrected chi connectivity index (χ4v) is 4.11. The van der Waals surface area contributed by atoms with E-state index in [0.717, 1.165) is 36.9 Å². The summed E-state index contributed by atoms with van der Waals surface area (Å²) in [4.78, 5) is 15.6. The van der Waals surface area contributed by atoms with Gasteiger partial charge in [-0.1, -0.05) is 30.4 Å². The Morgan fingerprint density at radius 3 is 2.61 bits per heavy atom. The van der Waals surface area contributed by atoms with E-state index >= 15 is 0 Å². The third-order valence-corrected chi connectivity index (χ3v) is 5.79. The van der Waals surface area contributed by atoms with Crippen LogP contribution in [-0.2, 0) is 12.8 Å². The highest BCUT2D eigenvalue weighted by atomic mass is 32.1. The van der Waals surface area contributed by atoms with Crippen LogP contribution in [-0.4, -0.2) is 14.5 Å². The van der Waals surface area contributed by atoms with Crippen molar-refractivity contribution in [3.8, 4) is 17.1 Å². The number of hydrogen-bond acceptors (Lipinski definition) is 4. The lowest BCUT2D eigenvalue weighted by molar-refractivity contribution is -0.384. The Morgan fingerprint density at radius 2 is 1.86 bits per heavy atom. The number of fused-ring (bicyclic) bond motifs is 1. The molecule has 0 bridgehead atoms. The number of nitro benzene ring substituents is 1. The maximum absolute atomic E-state index is 11.3. The molecule has 0 atom stereocenters. The molecule has 0 aliphatic heterocycles. The molecule has 0 unspecified atom stereocenters. The molecule has 5 nitrogen and oxygen atoms in total. The number of aromatic nitrogens is 2. The van der Waals surface area contributed by atoms with Crippen molar-refractivity contribution >= 4 is 17.9 Å². The number of nitro groups is 1. The molecule has 0 saturated heterocycles. The first-order valence-electron chi connectivity index (χ1n) is 9.43. The first-order valence-corrected chi connectivity index (χ1v) is 9.84. The van der Waals surface area contributed by atoms with Gasteiger partial charge in [-0.05, 0) is 62.8 Å². The monoisotopic (exact) mass is 391 g/mol. The second kappa shape index (κ2) is 7.28. The van der Waals surface area contributed by atoms with Crippen molar-refractivity contribution in [3.05, 3.63) is 79.6 Å². The van der Waals surface area contributed by atoms with Crippen LogP contribution in [0.3, 0.4) is 0 Å². The molecule has 4 rings (SSSR count). The number of non-ortho nitro benzene ring substituents is 1. The van der Waals surface area contributed by atoms with Crippen LogP contribution >= 0.6 is 12.2 Å². The molecular formula is C22H21N3O2S. The van der Waals surface area contributed by atoms with Crippen LogP contribution in [0, 0.1) is 28.6 Å². The second-order valence-electron chi connectivity index (χ2n) is 7.28. The molecule has 0 amide bonds. The summed E-state index contributed by atoms with van der Waals surface area (Å²) in [6, 6.07) is 13.0. The first kappa shape index (κ1) is 18.5. The Kier molecular flexibility index (Phi) is 4.81. The van der Waals surface area contributed by atoms with Crippen LogP contribution in [0.4, 0.5) is 5.69 Å². The summed E-state index contributed by atoms with van der Waals surface area (Å²) in [7, 11) is 0. The number of aryl methyl sites for hydroxylation is 2. The number of rotatable bonds is 3. The fraction of sp³-hybridized carbons (Fsp3) is 0.273. The van der Waals surface area contributed by atoms with E-state index in [9.17, 15) is 10.1 Å². The molecule has 0 saturated carbocycles. The van der Waals surface area contributed by atoms with Gasteiger partial charge in [0.25, 0.3) is 5.69 Å². The van der Waals surface area contributed by atoms with E-state index in [1.165, 1.54) is 22.9 Å². The summed E-state index contributed by atoms with van der Waals surface area (Å²) in [5, 5.41) is 11.3. The molecule has 0 fully saturated rings. The highest BCUT2D eigenvalue weighted by molar-refractivity contribution is 7.71. The van der Waals surface area contributed by atoms with E-state index in [0.29, 0.717) is 16.0 Å². The maximum Gasteiger partial charge on any atom is 0.270 e. The van der Waals surface area contributed by atoms with E-state index in [1.807, 2.05) is 6.07 Å². The normalized spacial score (nSPS) is 13.2. The van der Waals surface area contributed by atoms with E-state index < -0.39 is 0 Å². The lowest BCUT2D eigenvalue weighted by atomic mass is 9.96. The molecule has 6 heteroatoms. The number of hydrogen-bond donors (Lipinski definition) is 0. The minimum Gasteiger partial charge on any atom is -0.298 e. The lowest BCUT2D eigenvalue weighted by Gasteiger charge is -2.25. The Bertz CT molecular complexity index is 1150. The SMILES string of the molecule is Cc1ccc(-n2c(-c3cccc([N+](=O)[O-])c3)nc(=S)c3c2CCCC3)cc1C. The Labute approximate surface area is 168 Å². The van der Waals surface area contributed by atoms with Crippen molar-refractivity contribution in [2.75, 3.05) is 0 Å². The van der Waals surface area contributed by atoms with Crippen LogP contribution in [0.1, 0.15) is 35.2 Å². The Hall–Kier alpha value is -2.86. The van der Waals surface area contributed by atoms with Gasteiger partial charge in [-0.15, -0.1) is 0 Å². The average molecular weight is 391 g/mol. The molecule has 28 heavy (non-hydrogen) atoms. The van der Waals surface area contributed by atoms with E-state index in [4.69, 9.17) is 17.2 Å². The van der Waals surface area contributed by atoms with Gasteiger partial charge in [0.05, 0.1) is 4.92 Å². The van der Waals surface area contributed by atoms with Crippen LogP contribution in [0.25, 0.3) is 17.1 Å². The molecule has 1 aliphatic carbocycles. The summed E-state index contributed by atoms with van der Waals surface area (Å²) >= 11 is 5.61. The molecule has 0 radical (unpaired) electrons. The number of benzene rings is 2. The molecule has 0 N–H and O–H groups in total. The zero-order chi connectivity index (χ0) is 19.8. The summed E-state index contributed by atoms with van der Waals surface area (Å²) in [6.07, 6.45) is 4.07. The molecule has 0 spiro atoms. The molecule has 2 aromatic carbocycles. The summed E-state index contributed by atoms with van der Waals surface area (Å²) in [5.74, 6) is 0.664. The van der Waals surface area contributed by atoms with Crippen molar-refractivity contribution in [3.63, 3.8) is 0 Å². The molecule has 1 heterocycles. The van der Waals surface area contributed by atoms with Gasteiger partial charge in [-0.2, -0.15) is 0 Å². The molecule has 142 valence electrons. The van der Waals surface area contributed by atoms with Crippen LogP contribution in [0.15, 0.2) is 42.5 Å². The van der Waals surface area contributed by atoms with Gasteiger partial charge in [0.2, 0.25) is 0 Å². The predicted molar refractivity (Wildman–Crippen MR) is 113 cm³/mol. The van der Waals surface area contributed by atoms with Crippen molar-refractivity contribution in [1.82, 2.24) is 9.55 Å². The third-order valence-electron chi connectivity index (χ3n) is 5.45. The number of nitrogens with zero attached hydrogens (tertiary/aromatic N) is 3. The average Bonchev–Trinajstić information content (AvgIpc) is 2.70. The van der Waals surface area contributed by atoms with E-state index in [1.54, 1.807) is 12.1 Å². The molecule has 1 aromatic heterocycles.